The highest BCUT2D eigenvalue weighted by atomic mass is 35.5. The standard InChI is InChI=1S/C20H29N3O2.ClH/c1-2-21-14-16-9-12-22(13-10-16)20(25)18-7-5-17(6-8-18)15-23-11-3-4-19(23)24;/h5-8,16,21H,2-4,9-15H2,1H3;1H. The van der Waals surface area contributed by atoms with E-state index < -0.39 is 0 Å². The molecular weight excluding hydrogens is 350 g/mol. The van der Waals surface area contributed by atoms with Gasteiger partial charge < -0.3 is 15.1 Å². The molecular formula is C20H30ClN3O2. The Morgan fingerprint density at radius 1 is 1.15 bits per heavy atom. The first kappa shape index (κ1) is 20.7. The first-order valence-corrected chi connectivity index (χ1v) is 9.54. The van der Waals surface area contributed by atoms with Gasteiger partial charge in [0.1, 0.15) is 0 Å². The van der Waals surface area contributed by atoms with Crippen molar-refractivity contribution in [1.82, 2.24) is 15.1 Å². The fourth-order valence-corrected chi connectivity index (χ4v) is 3.72. The fraction of sp³-hybridized carbons (Fsp3) is 0.600. The summed E-state index contributed by atoms with van der Waals surface area (Å²) in [5.41, 5.74) is 1.85. The molecule has 0 atom stereocenters. The van der Waals surface area contributed by atoms with Gasteiger partial charge in [-0.3, -0.25) is 9.59 Å². The van der Waals surface area contributed by atoms with Crippen LogP contribution in [0.2, 0.25) is 0 Å². The topological polar surface area (TPSA) is 52.7 Å². The van der Waals surface area contributed by atoms with Crippen LogP contribution in [0.1, 0.15) is 48.5 Å². The van der Waals surface area contributed by atoms with E-state index in [4.69, 9.17) is 0 Å². The Labute approximate surface area is 162 Å². The first-order valence-electron chi connectivity index (χ1n) is 9.54. The SMILES string of the molecule is CCNCC1CCN(C(=O)c2ccc(CN3CCCC3=O)cc2)CC1.Cl. The Balaban J connectivity index is 0.00000243. The third kappa shape index (κ3) is 5.21. The van der Waals surface area contributed by atoms with Gasteiger partial charge in [0.05, 0.1) is 0 Å². The van der Waals surface area contributed by atoms with Crippen molar-refractivity contribution in [3.05, 3.63) is 35.4 Å². The van der Waals surface area contributed by atoms with Crippen LogP contribution in [-0.2, 0) is 11.3 Å². The lowest BCUT2D eigenvalue weighted by molar-refractivity contribution is -0.128. The van der Waals surface area contributed by atoms with Gasteiger partial charge in [0.2, 0.25) is 5.91 Å². The van der Waals surface area contributed by atoms with E-state index in [-0.39, 0.29) is 24.2 Å². The Bertz CT molecular complexity index is 598. The molecule has 0 bridgehead atoms. The van der Waals surface area contributed by atoms with E-state index in [1.54, 1.807) is 0 Å². The van der Waals surface area contributed by atoms with Gasteiger partial charge in [0, 0.05) is 38.2 Å². The van der Waals surface area contributed by atoms with Crippen LogP contribution in [0.3, 0.4) is 0 Å². The smallest absolute Gasteiger partial charge is 0.253 e. The van der Waals surface area contributed by atoms with Crippen LogP contribution < -0.4 is 5.32 Å². The fourth-order valence-electron chi connectivity index (χ4n) is 3.72. The van der Waals surface area contributed by atoms with Crippen molar-refractivity contribution in [2.24, 2.45) is 5.92 Å². The average molecular weight is 380 g/mol. The molecule has 0 radical (unpaired) electrons. The number of likely N-dealkylation sites (tertiary alicyclic amines) is 2. The molecule has 0 saturated carbocycles. The van der Waals surface area contributed by atoms with Gasteiger partial charge in [-0.15, -0.1) is 12.4 Å². The molecule has 2 amide bonds. The molecule has 3 rings (SSSR count). The molecule has 1 aromatic carbocycles. The van der Waals surface area contributed by atoms with E-state index in [0.717, 1.165) is 63.1 Å². The molecule has 2 saturated heterocycles. The predicted molar refractivity (Wildman–Crippen MR) is 106 cm³/mol. The molecule has 5 nitrogen and oxygen atoms in total. The molecule has 0 aliphatic carbocycles. The minimum atomic E-state index is 0. The van der Waals surface area contributed by atoms with Gasteiger partial charge >= 0.3 is 0 Å². The lowest BCUT2D eigenvalue weighted by atomic mass is 9.96. The average Bonchev–Trinajstić information content (AvgIpc) is 3.05. The van der Waals surface area contributed by atoms with Gasteiger partial charge in [-0.1, -0.05) is 19.1 Å². The molecule has 26 heavy (non-hydrogen) atoms. The van der Waals surface area contributed by atoms with Crippen LogP contribution in [0.4, 0.5) is 0 Å². The van der Waals surface area contributed by atoms with Gasteiger partial charge in [0.15, 0.2) is 0 Å². The summed E-state index contributed by atoms with van der Waals surface area (Å²) in [5.74, 6) is 1.05. The molecule has 6 heteroatoms. The van der Waals surface area contributed by atoms with Gasteiger partial charge in [0.25, 0.3) is 5.91 Å². The van der Waals surface area contributed by atoms with Crippen LogP contribution >= 0.6 is 12.4 Å². The van der Waals surface area contributed by atoms with Crippen molar-refractivity contribution in [2.45, 2.75) is 39.2 Å². The lowest BCUT2D eigenvalue weighted by Crippen LogP contribution is -2.40. The van der Waals surface area contributed by atoms with Gasteiger partial charge in [-0.2, -0.15) is 0 Å². The first-order chi connectivity index (χ1) is 12.2. The summed E-state index contributed by atoms with van der Waals surface area (Å²) in [5, 5.41) is 3.40. The molecule has 2 aliphatic rings. The number of carbonyl (C=O) groups is 2. The summed E-state index contributed by atoms with van der Waals surface area (Å²) >= 11 is 0. The summed E-state index contributed by atoms with van der Waals surface area (Å²) in [6, 6.07) is 7.78. The molecule has 0 spiro atoms. The van der Waals surface area contributed by atoms with E-state index in [0.29, 0.717) is 18.9 Å². The van der Waals surface area contributed by atoms with Crippen LogP contribution in [0.15, 0.2) is 24.3 Å². The highest BCUT2D eigenvalue weighted by Crippen LogP contribution is 2.19. The van der Waals surface area contributed by atoms with Gasteiger partial charge in [-0.25, -0.2) is 0 Å². The zero-order valence-electron chi connectivity index (χ0n) is 15.6. The number of benzene rings is 1. The minimum Gasteiger partial charge on any atom is -0.339 e. The number of hydrogen-bond acceptors (Lipinski definition) is 3. The number of halogens is 1. The quantitative estimate of drug-likeness (QED) is 0.826. The zero-order valence-corrected chi connectivity index (χ0v) is 16.4. The highest BCUT2D eigenvalue weighted by molar-refractivity contribution is 5.94. The molecule has 144 valence electrons. The maximum Gasteiger partial charge on any atom is 0.253 e. The van der Waals surface area contributed by atoms with Crippen molar-refractivity contribution in [2.75, 3.05) is 32.7 Å². The maximum absolute atomic E-state index is 12.7. The number of amides is 2. The third-order valence-electron chi connectivity index (χ3n) is 5.33. The van der Waals surface area contributed by atoms with Crippen LogP contribution in [0.25, 0.3) is 0 Å². The Morgan fingerprint density at radius 3 is 2.42 bits per heavy atom. The minimum absolute atomic E-state index is 0. The van der Waals surface area contributed by atoms with E-state index in [1.807, 2.05) is 34.1 Å². The summed E-state index contributed by atoms with van der Waals surface area (Å²) in [6.45, 7) is 7.39. The number of hydrogen-bond donors (Lipinski definition) is 1. The molecule has 2 heterocycles. The summed E-state index contributed by atoms with van der Waals surface area (Å²) < 4.78 is 0. The number of piperidine rings is 1. The van der Waals surface area contributed by atoms with E-state index >= 15 is 0 Å². The molecule has 1 aromatic rings. The van der Waals surface area contributed by atoms with Crippen LogP contribution in [0, 0.1) is 5.92 Å². The summed E-state index contributed by atoms with van der Waals surface area (Å²) in [7, 11) is 0. The normalized spacial score (nSPS) is 18.1. The molecule has 1 N–H and O–H groups in total. The second kappa shape index (κ2) is 9.93. The molecule has 0 unspecified atom stereocenters. The highest BCUT2D eigenvalue weighted by Gasteiger charge is 2.24. The largest absolute Gasteiger partial charge is 0.339 e. The maximum atomic E-state index is 12.7. The van der Waals surface area contributed by atoms with Crippen LogP contribution in [0.5, 0.6) is 0 Å². The second-order valence-electron chi connectivity index (χ2n) is 7.16. The number of nitrogens with zero attached hydrogens (tertiary/aromatic N) is 2. The Hall–Kier alpha value is -1.59. The van der Waals surface area contributed by atoms with Crippen molar-refractivity contribution in [1.29, 1.82) is 0 Å². The third-order valence-corrected chi connectivity index (χ3v) is 5.33. The second-order valence-corrected chi connectivity index (χ2v) is 7.16. The van der Waals surface area contributed by atoms with Crippen molar-refractivity contribution in [3.63, 3.8) is 0 Å². The number of carbonyl (C=O) groups excluding carboxylic acids is 2. The van der Waals surface area contributed by atoms with Crippen molar-refractivity contribution in [3.8, 4) is 0 Å². The summed E-state index contributed by atoms with van der Waals surface area (Å²) in [6.07, 6.45) is 3.78. The summed E-state index contributed by atoms with van der Waals surface area (Å²) in [4.78, 5) is 28.3. The van der Waals surface area contributed by atoms with Crippen molar-refractivity contribution < 1.29 is 9.59 Å². The predicted octanol–water partition coefficient (Wildman–Crippen LogP) is 2.69. The van der Waals surface area contributed by atoms with Gasteiger partial charge in [-0.05, 0) is 56.0 Å². The number of nitrogens with one attached hydrogen (secondary N) is 1. The van der Waals surface area contributed by atoms with E-state index in [2.05, 4.69) is 12.2 Å². The van der Waals surface area contributed by atoms with E-state index in [9.17, 15) is 9.59 Å². The monoisotopic (exact) mass is 379 g/mol. The molecule has 0 aromatic heterocycles. The van der Waals surface area contributed by atoms with Crippen LogP contribution in [-0.4, -0.2) is 54.3 Å². The Kier molecular flexibility index (Phi) is 7.91. The zero-order chi connectivity index (χ0) is 17.6. The van der Waals surface area contributed by atoms with E-state index in [1.165, 1.54) is 0 Å². The lowest BCUT2D eigenvalue weighted by Gasteiger charge is -2.32. The molecule has 2 fully saturated rings. The molecule has 2 aliphatic heterocycles. The Morgan fingerprint density at radius 2 is 1.85 bits per heavy atom. The van der Waals surface area contributed by atoms with Crippen molar-refractivity contribution >= 4 is 24.2 Å². The number of rotatable bonds is 6.